The van der Waals surface area contributed by atoms with Gasteiger partial charge < -0.3 is 34.6 Å². The van der Waals surface area contributed by atoms with Gasteiger partial charge in [-0.3, -0.25) is 9.59 Å². The predicted octanol–water partition coefficient (Wildman–Crippen LogP) is 14.8. The summed E-state index contributed by atoms with van der Waals surface area (Å²) in [4.78, 5) is 54.2. The molecule has 2 N–H and O–H groups in total. The zero-order chi connectivity index (χ0) is 57.5. The first-order valence-corrected chi connectivity index (χ1v) is 29.7. The fraction of sp³-hybridized carbons (Fsp3) is 0.588. The molecule has 4 aromatic carbocycles. The third kappa shape index (κ3) is 19.5. The Balaban J connectivity index is 0.000000212. The van der Waals surface area contributed by atoms with Crippen molar-refractivity contribution < 1.29 is 33.8 Å². The van der Waals surface area contributed by atoms with Gasteiger partial charge in [0.1, 0.15) is 11.2 Å². The molecule has 79 heavy (non-hydrogen) atoms. The van der Waals surface area contributed by atoms with Gasteiger partial charge in [0.2, 0.25) is 5.91 Å². The first-order valence-electron chi connectivity index (χ1n) is 29.7. The maximum atomic E-state index is 13.8. The van der Waals surface area contributed by atoms with Gasteiger partial charge in [-0.25, -0.2) is 9.59 Å². The molecule has 4 heterocycles. The van der Waals surface area contributed by atoms with E-state index >= 15 is 0 Å². The standard InChI is InChI=1S/C34H48N2O3.C22H29N.C12H21NO4/c1-33(2,3)29-24-28(31(26-13-9-7-10-14-26)27-15-11-8-12-16-27)19-22-36(29)30(37)23-25-17-20-35(21-18-25)32(38)39-34(4,5)6;1-22(2,3)20-16-19(14-15-23-20)21(17-10-6-4-7-11-17)18-12-8-5-9-13-18;1-12(2,3)17-11(16)13-6-4-9(5-7-13)8-10(14)15/h7-16,25,28-29,31H,17-24H2,1-6H3;4-13,19-21,23H,14-16H2,1-3H3;9H,4-8H2,1-3H3,(H,14,15). The zero-order valence-corrected chi connectivity index (χ0v) is 50.2. The van der Waals surface area contributed by atoms with Gasteiger partial charge in [0.15, 0.2) is 0 Å². The van der Waals surface area contributed by atoms with Crippen LogP contribution in [0.4, 0.5) is 9.59 Å². The molecule has 11 heteroatoms. The number of hydrogen-bond acceptors (Lipinski definition) is 7. The molecular weight excluding hydrogens is 985 g/mol. The van der Waals surface area contributed by atoms with Crippen molar-refractivity contribution in [2.45, 2.75) is 182 Å². The Labute approximate surface area is 475 Å². The van der Waals surface area contributed by atoms with E-state index in [1.54, 1.807) is 9.80 Å². The van der Waals surface area contributed by atoms with Crippen molar-refractivity contribution in [1.29, 1.82) is 0 Å². The second-order valence-corrected chi connectivity index (χ2v) is 27.1. The molecule has 4 aliphatic heterocycles. The lowest BCUT2D eigenvalue weighted by Gasteiger charge is -2.48. The Morgan fingerprint density at radius 1 is 0.494 bits per heavy atom. The van der Waals surface area contributed by atoms with Gasteiger partial charge in [-0.2, -0.15) is 0 Å². The van der Waals surface area contributed by atoms with E-state index in [-0.39, 0.29) is 41.9 Å². The van der Waals surface area contributed by atoms with Crippen LogP contribution in [0.25, 0.3) is 0 Å². The second-order valence-electron chi connectivity index (χ2n) is 27.1. The summed E-state index contributed by atoms with van der Waals surface area (Å²) in [6, 6.07) is 44.7. The molecule has 4 fully saturated rings. The molecule has 0 saturated carbocycles. The van der Waals surface area contributed by atoms with Crippen molar-refractivity contribution in [2.75, 3.05) is 39.3 Å². The summed E-state index contributed by atoms with van der Waals surface area (Å²) in [5.41, 5.74) is 4.97. The normalized spacial score (nSPS) is 20.8. The van der Waals surface area contributed by atoms with Crippen molar-refractivity contribution in [1.82, 2.24) is 20.0 Å². The fourth-order valence-electron chi connectivity index (χ4n) is 12.3. The van der Waals surface area contributed by atoms with Crippen molar-refractivity contribution >= 4 is 24.1 Å². The van der Waals surface area contributed by atoms with Gasteiger partial charge in [-0.05, 0) is 156 Å². The Bertz CT molecular complexity index is 2400. The average molecular weight is 1080 g/mol. The molecule has 0 aliphatic carbocycles. The van der Waals surface area contributed by atoms with E-state index in [2.05, 4.69) is 173 Å². The molecule has 3 amide bonds. The number of likely N-dealkylation sites (tertiary alicyclic amines) is 3. The summed E-state index contributed by atoms with van der Waals surface area (Å²) < 4.78 is 10.8. The number of piperidine rings is 4. The van der Waals surface area contributed by atoms with Crippen LogP contribution >= 0.6 is 0 Å². The number of carbonyl (C=O) groups excluding carboxylic acids is 3. The van der Waals surface area contributed by atoms with Crippen molar-refractivity contribution in [3.63, 3.8) is 0 Å². The highest BCUT2D eigenvalue weighted by Crippen LogP contribution is 2.45. The molecule has 4 unspecified atom stereocenters. The van der Waals surface area contributed by atoms with Crippen LogP contribution in [0.2, 0.25) is 0 Å². The molecule has 4 aromatic rings. The highest BCUT2D eigenvalue weighted by molar-refractivity contribution is 5.77. The van der Waals surface area contributed by atoms with Crippen LogP contribution in [0.15, 0.2) is 121 Å². The summed E-state index contributed by atoms with van der Waals surface area (Å²) in [5.74, 6) is 2.02. The number of hydrogen-bond donors (Lipinski definition) is 2. The van der Waals surface area contributed by atoms with E-state index in [0.29, 0.717) is 73.6 Å². The zero-order valence-electron chi connectivity index (χ0n) is 50.2. The van der Waals surface area contributed by atoms with Crippen LogP contribution in [-0.4, -0.2) is 106 Å². The van der Waals surface area contributed by atoms with E-state index in [1.165, 1.54) is 35.1 Å². The van der Waals surface area contributed by atoms with E-state index in [1.807, 2.05) is 41.5 Å². The molecule has 432 valence electrons. The van der Waals surface area contributed by atoms with Crippen LogP contribution in [-0.2, 0) is 19.1 Å². The minimum atomic E-state index is -0.763. The SMILES string of the molecule is CC(C)(C)C1CC(C(c2ccccc2)c2ccccc2)CCN1.CC(C)(C)OC(=O)N1CCC(CC(=O)N2CCC(C(c3ccccc3)c3ccccc3)CC2C(C)(C)C)CC1.CC(C)(C)OC(=O)N1CCC(CC(=O)O)CC1. The van der Waals surface area contributed by atoms with Crippen LogP contribution < -0.4 is 5.32 Å². The summed E-state index contributed by atoms with van der Waals surface area (Å²) in [7, 11) is 0. The third-order valence-corrected chi connectivity index (χ3v) is 16.5. The van der Waals surface area contributed by atoms with Crippen molar-refractivity contribution in [3.05, 3.63) is 144 Å². The molecule has 4 atom stereocenters. The Morgan fingerprint density at radius 2 is 0.861 bits per heavy atom. The van der Waals surface area contributed by atoms with Crippen LogP contribution in [0, 0.1) is 34.5 Å². The van der Waals surface area contributed by atoms with Gasteiger partial charge in [0.25, 0.3) is 0 Å². The lowest BCUT2D eigenvalue weighted by atomic mass is 9.69. The fourth-order valence-corrected chi connectivity index (χ4v) is 12.3. The number of amides is 3. The highest BCUT2D eigenvalue weighted by Gasteiger charge is 2.42. The molecule has 8 rings (SSSR count). The van der Waals surface area contributed by atoms with E-state index in [0.717, 1.165) is 51.6 Å². The number of carboxylic acid groups (broad SMARTS) is 1. The second kappa shape index (κ2) is 28.1. The molecule has 11 nitrogen and oxygen atoms in total. The summed E-state index contributed by atoms with van der Waals surface area (Å²) in [5, 5.41) is 12.4. The van der Waals surface area contributed by atoms with Crippen molar-refractivity contribution in [3.8, 4) is 0 Å². The van der Waals surface area contributed by atoms with Gasteiger partial charge in [0.05, 0.1) is 0 Å². The first-order chi connectivity index (χ1) is 37.3. The summed E-state index contributed by atoms with van der Waals surface area (Å²) in [6.07, 6.45) is 7.92. The highest BCUT2D eigenvalue weighted by atomic mass is 16.6. The van der Waals surface area contributed by atoms with E-state index < -0.39 is 17.2 Å². The Hall–Kier alpha value is -5.68. The van der Waals surface area contributed by atoms with E-state index in [4.69, 9.17) is 14.6 Å². The molecule has 4 saturated heterocycles. The monoisotopic (exact) mass is 1080 g/mol. The Morgan fingerprint density at radius 3 is 1.20 bits per heavy atom. The molecular formula is C68H98N4O7. The topological polar surface area (TPSA) is 129 Å². The molecule has 0 spiro atoms. The van der Waals surface area contributed by atoms with E-state index in [9.17, 15) is 19.2 Å². The van der Waals surface area contributed by atoms with Crippen LogP contribution in [0.3, 0.4) is 0 Å². The minimum Gasteiger partial charge on any atom is -0.481 e. The Kier molecular flexibility index (Phi) is 22.3. The number of ether oxygens (including phenoxy) is 2. The average Bonchev–Trinajstić information content (AvgIpc) is 3.40. The maximum absolute atomic E-state index is 13.8. The minimum absolute atomic E-state index is 0.00761. The number of nitrogens with zero attached hydrogens (tertiary/aromatic N) is 3. The van der Waals surface area contributed by atoms with Gasteiger partial charge in [-0.1, -0.05) is 163 Å². The van der Waals surface area contributed by atoms with Gasteiger partial charge >= 0.3 is 18.2 Å². The third-order valence-electron chi connectivity index (χ3n) is 16.5. The van der Waals surface area contributed by atoms with Gasteiger partial charge in [-0.15, -0.1) is 0 Å². The lowest BCUT2D eigenvalue weighted by molar-refractivity contribution is -0.140. The summed E-state index contributed by atoms with van der Waals surface area (Å²) >= 11 is 0. The number of benzene rings is 4. The van der Waals surface area contributed by atoms with Gasteiger partial charge in [0, 0.05) is 69.5 Å². The first kappa shape index (κ1) is 62.5. The van der Waals surface area contributed by atoms with Crippen LogP contribution in [0.5, 0.6) is 0 Å². The molecule has 0 bridgehead atoms. The predicted molar refractivity (Wildman–Crippen MR) is 319 cm³/mol. The summed E-state index contributed by atoms with van der Waals surface area (Å²) in [6.45, 7) is 29.5. The number of carbonyl (C=O) groups is 4. The quantitative estimate of drug-likeness (QED) is 0.161. The maximum Gasteiger partial charge on any atom is 0.410 e. The van der Waals surface area contributed by atoms with Crippen LogP contribution in [0.1, 0.15) is 181 Å². The largest absolute Gasteiger partial charge is 0.481 e. The number of aliphatic carboxylic acids is 1. The van der Waals surface area contributed by atoms with Crippen molar-refractivity contribution in [2.24, 2.45) is 34.5 Å². The number of rotatable bonds is 10. The molecule has 0 radical (unpaired) electrons. The molecule has 0 aromatic heterocycles. The number of nitrogens with one attached hydrogen (secondary N) is 1. The lowest BCUT2D eigenvalue weighted by Crippen LogP contribution is -2.53. The molecule has 4 aliphatic rings. The number of carboxylic acids is 1. The smallest absolute Gasteiger partial charge is 0.410 e.